The average Bonchev–Trinajstić information content (AvgIpc) is 2.91. The van der Waals surface area contributed by atoms with Gasteiger partial charge in [-0.15, -0.1) is 0 Å². The number of methoxy groups -OCH3 is 1. The van der Waals surface area contributed by atoms with E-state index in [0.29, 0.717) is 28.7 Å². The molecule has 9 nitrogen and oxygen atoms in total. The van der Waals surface area contributed by atoms with Crippen molar-refractivity contribution in [3.63, 3.8) is 0 Å². The largest absolute Gasteiger partial charge is 0.497 e. The van der Waals surface area contributed by atoms with Gasteiger partial charge < -0.3 is 24.3 Å². The van der Waals surface area contributed by atoms with Gasteiger partial charge in [0, 0.05) is 0 Å². The van der Waals surface area contributed by atoms with Gasteiger partial charge in [0.1, 0.15) is 24.2 Å². The fourth-order valence-corrected chi connectivity index (χ4v) is 5.56. The van der Waals surface area contributed by atoms with Crippen LogP contribution >= 0.6 is 0 Å². The zero-order chi connectivity index (χ0) is 25.3. The maximum Gasteiger partial charge on any atom is 0.264 e. The number of para-hydroxylation sites is 2. The molecule has 0 aliphatic carbocycles. The van der Waals surface area contributed by atoms with Gasteiger partial charge in [0.05, 0.1) is 30.8 Å². The number of hydrogen-bond acceptors (Lipinski definition) is 7. The van der Waals surface area contributed by atoms with Gasteiger partial charge >= 0.3 is 0 Å². The van der Waals surface area contributed by atoms with Crippen LogP contribution in [0.5, 0.6) is 23.0 Å². The second kappa shape index (κ2) is 9.62. The number of nitrogens with zero attached hydrogens (tertiary/aromatic N) is 1. The van der Waals surface area contributed by atoms with Gasteiger partial charge in [-0.25, -0.2) is 8.42 Å². The first-order chi connectivity index (χ1) is 17.3. The highest BCUT2D eigenvalue weighted by Crippen LogP contribution is 2.38. The lowest BCUT2D eigenvalue weighted by Gasteiger charge is -2.35. The molecule has 0 spiro atoms. The van der Waals surface area contributed by atoms with Gasteiger partial charge in [-0.2, -0.15) is 0 Å². The summed E-state index contributed by atoms with van der Waals surface area (Å²) in [5.74, 6) is 1.68. The molecule has 0 aromatic heterocycles. The number of benzene rings is 3. The van der Waals surface area contributed by atoms with Crippen LogP contribution in [0.15, 0.2) is 71.6 Å². The second-order valence-corrected chi connectivity index (χ2v) is 10.4. The number of anilines is 1. The Morgan fingerprint density at radius 3 is 2.53 bits per heavy atom. The summed E-state index contributed by atoms with van der Waals surface area (Å²) < 4.78 is 51.1. The molecular formula is C26H26N2O7S. The summed E-state index contributed by atoms with van der Waals surface area (Å²) in [6.07, 6.45) is -1.44. The summed E-state index contributed by atoms with van der Waals surface area (Å²) in [6, 6.07) is 18.7. The summed E-state index contributed by atoms with van der Waals surface area (Å²) in [6.45, 7) is 2.14. The third-order valence-electron chi connectivity index (χ3n) is 6.00. The number of fused-ring (bicyclic) bond motifs is 2. The minimum Gasteiger partial charge on any atom is -0.497 e. The van der Waals surface area contributed by atoms with Crippen molar-refractivity contribution >= 4 is 21.6 Å². The third-order valence-corrected chi connectivity index (χ3v) is 7.79. The number of aryl methyl sites for hydroxylation is 1. The van der Waals surface area contributed by atoms with E-state index in [1.54, 1.807) is 30.3 Å². The smallest absolute Gasteiger partial charge is 0.264 e. The number of nitrogens with one attached hydrogen (secondary N) is 1. The van der Waals surface area contributed by atoms with Crippen LogP contribution in [0, 0.1) is 6.92 Å². The van der Waals surface area contributed by atoms with Crippen LogP contribution in [0.2, 0.25) is 0 Å². The molecule has 10 heteroatoms. The molecule has 0 saturated heterocycles. The molecule has 5 rings (SSSR count). The van der Waals surface area contributed by atoms with Crippen molar-refractivity contribution in [1.82, 2.24) is 5.32 Å². The minimum atomic E-state index is -3.98. The Morgan fingerprint density at radius 2 is 1.78 bits per heavy atom. The Hall–Kier alpha value is -3.92. The highest BCUT2D eigenvalue weighted by Gasteiger charge is 2.38. The van der Waals surface area contributed by atoms with E-state index in [4.69, 9.17) is 18.9 Å². The number of amides is 1. The van der Waals surface area contributed by atoms with Crippen molar-refractivity contribution in [2.75, 3.05) is 31.1 Å². The number of rotatable bonds is 6. The van der Waals surface area contributed by atoms with Crippen LogP contribution in [-0.2, 0) is 14.8 Å². The molecule has 0 saturated carbocycles. The summed E-state index contributed by atoms with van der Waals surface area (Å²) in [7, 11) is -2.47. The van der Waals surface area contributed by atoms with Crippen molar-refractivity contribution in [3.05, 3.63) is 72.3 Å². The van der Waals surface area contributed by atoms with Crippen LogP contribution in [-0.4, -0.2) is 53.3 Å². The quantitative estimate of drug-likeness (QED) is 0.544. The van der Waals surface area contributed by atoms with E-state index in [1.807, 2.05) is 31.2 Å². The molecule has 1 amide bonds. The molecule has 3 aromatic rings. The SMILES string of the molecule is COc1ccc(S(=O)(=O)N2CC(C(=O)NCC3COc4ccccc4O3)Oc3ccc(C)cc32)cc1. The Kier molecular flexibility index (Phi) is 6.36. The van der Waals surface area contributed by atoms with Crippen molar-refractivity contribution in [2.45, 2.75) is 24.0 Å². The summed E-state index contributed by atoms with van der Waals surface area (Å²) >= 11 is 0. The number of carbonyl (C=O) groups is 1. The standard InChI is InChI=1S/C26H26N2O7S/c1-17-7-12-22-21(13-17)28(36(30,31)20-10-8-18(32-2)9-11-20)15-25(35-22)26(29)27-14-19-16-33-23-5-3-4-6-24(23)34-19/h3-13,19,25H,14-16H2,1-2H3,(H,27,29). The molecule has 2 heterocycles. The third kappa shape index (κ3) is 4.64. The maximum absolute atomic E-state index is 13.6. The molecule has 2 aliphatic heterocycles. The molecule has 188 valence electrons. The van der Waals surface area contributed by atoms with Gasteiger partial charge in [-0.1, -0.05) is 18.2 Å². The Labute approximate surface area is 209 Å². The first-order valence-corrected chi connectivity index (χ1v) is 12.9. The van der Waals surface area contributed by atoms with Crippen molar-refractivity contribution < 1.29 is 32.2 Å². The Morgan fingerprint density at radius 1 is 1.03 bits per heavy atom. The van der Waals surface area contributed by atoms with Crippen LogP contribution < -0.4 is 28.6 Å². The molecular weight excluding hydrogens is 484 g/mol. The summed E-state index contributed by atoms with van der Waals surface area (Å²) in [5, 5.41) is 2.81. The summed E-state index contributed by atoms with van der Waals surface area (Å²) in [4.78, 5) is 13.2. The molecule has 36 heavy (non-hydrogen) atoms. The number of sulfonamides is 1. The lowest BCUT2D eigenvalue weighted by atomic mass is 10.1. The minimum absolute atomic E-state index is 0.0863. The van der Waals surface area contributed by atoms with E-state index in [0.717, 1.165) is 5.56 Å². The van der Waals surface area contributed by atoms with E-state index < -0.39 is 22.0 Å². The van der Waals surface area contributed by atoms with E-state index in [1.165, 1.54) is 23.5 Å². The Bertz CT molecular complexity index is 1380. The Balaban J connectivity index is 1.34. The fourth-order valence-electron chi connectivity index (χ4n) is 4.09. The number of carbonyl (C=O) groups excluding carboxylic acids is 1. The predicted molar refractivity (Wildman–Crippen MR) is 132 cm³/mol. The first-order valence-electron chi connectivity index (χ1n) is 11.5. The van der Waals surface area contributed by atoms with Gasteiger partial charge in [0.2, 0.25) is 0 Å². The van der Waals surface area contributed by atoms with Gasteiger partial charge in [0.25, 0.3) is 15.9 Å². The van der Waals surface area contributed by atoms with Gasteiger partial charge in [0.15, 0.2) is 17.6 Å². The van der Waals surface area contributed by atoms with E-state index >= 15 is 0 Å². The predicted octanol–water partition coefficient (Wildman–Crippen LogP) is 2.92. The van der Waals surface area contributed by atoms with E-state index in [-0.39, 0.29) is 30.7 Å². The molecule has 3 aromatic carbocycles. The monoisotopic (exact) mass is 510 g/mol. The summed E-state index contributed by atoms with van der Waals surface area (Å²) in [5.41, 5.74) is 1.25. The van der Waals surface area contributed by atoms with Crippen LogP contribution in [0.4, 0.5) is 5.69 Å². The highest BCUT2D eigenvalue weighted by molar-refractivity contribution is 7.92. The van der Waals surface area contributed by atoms with Crippen LogP contribution in [0.25, 0.3) is 0 Å². The zero-order valence-electron chi connectivity index (χ0n) is 19.8. The molecule has 1 N–H and O–H groups in total. The van der Waals surface area contributed by atoms with Gasteiger partial charge in [-0.3, -0.25) is 9.10 Å². The van der Waals surface area contributed by atoms with Crippen LogP contribution in [0.3, 0.4) is 0 Å². The molecule has 2 atom stereocenters. The van der Waals surface area contributed by atoms with Crippen molar-refractivity contribution in [1.29, 1.82) is 0 Å². The van der Waals surface area contributed by atoms with E-state index in [2.05, 4.69) is 5.32 Å². The number of ether oxygens (including phenoxy) is 4. The average molecular weight is 511 g/mol. The maximum atomic E-state index is 13.6. The molecule has 0 fully saturated rings. The van der Waals surface area contributed by atoms with Gasteiger partial charge in [-0.05, 0) is 61.0 Å². The molecule has 2 aliphatic rings. The van der Waals surface area contributed by atoms with Crippen molar-refractivity contribution in [3.8, 4) is 23.0 Å². The second-order valence-electron chi connectivity index (χ2n) is 8.53. The molecule has 0 radical (unpaired) electrons. The van der Waals surface area contributed by atoms with Crippen molar-refractivity contribution in [2.24, 2.45) is 0 Å². The molecule has 2 unspecified atom stereocenters. The fraction of sp³-hybridized carbons (Fsp3) is 0.269. The normalized spacial score (nSPS) is 18.6. The number of hydrogen-bond donors (Lipinski definition) is 1. The zero-order valence-corrected chi connectivity index (χ0v) is 20.7. The highest BCUT2D eigenvalue weighted by atomic mass is 32.2. The first kappa shape index (κ1) is 23.8. The van der Waals surface area contributed by atoms with E-state index in [9.17, 15) is 13.2 Å². The topological polar surface area (TPSA) is 103 Å². The van der Waals surface area contributed by atoms with Crippen LogP contribution in [0.1, 0.15) is 5.56 Å². The lowest BCUT2D eigenvalue weighted by Crippen LogP contribution is -2.52. The lowest BCUT2D eigenvalue weighted by molar-refractivity contribution is -0.128. The molecule has 0 bridgehead atoms.